The Hall–Kier alpha value is -1.93. The molecule has 2 bridgehead atoms. The van der Waals surface area contributed by atoms with Crippen molar-refractivity contribution in [2.24, 2.45) is 5.41 Å². The first-order chi connectivity index (χ1) is 12.8. The van der Waals surface area contributed by atoms with Gasteiger partial charge in [-0.05, 0) is 38.2 Å². The molecule has 27 heavy (non-hydrogen) atoms. The molecule has 2 heterocycles. The Labute approximate surface area is 160 Å². The molecule has 0 unspecified atom stereocenters. The Morgan fingerprint density at radius 1 is 1.26 bits per heavy atom. The summed E-state index contributed by atoms with van der Waals surface area (Å²) in [5.74, 6) is -0.554. The van der Waals surface area contributed by atoms with Crippen molar-refractivity contribution < 1.29 is 22.7 Å². The van der Waals surface area contributed by atoms with Gasteiger partial charge < -0.3 is 9.64 Å². The van der Waals surface area contributed by atoms with Crippen molar-refractivity contribution in [1.82, 2.24) is 9.62 Å². The van der Waals surface area contributed by atoms with E-state index in [2.05, 4.69) is 4.72 Å². The lowest BCUT2D eigenvalue weighted by Crippen LogP contribution is -2.49. The van der Waals surface area contributed by atoms with Crippen LogP contribution in [0.15, 0.2) is 30.3 Å². The maximum absolute atomic E-state index is 13.0. The lowest BCUT2D eigenvalue weighted by Gasteiger charge is -2.35. The van der Waals surface area contributed by atoms with Crippen molar-refractivity contribution in [3.63, 3.8) is 0 Å². The maximum Gasteiger partial charge on any atom is 0.314 e. The summed E-state index contributed by atoms with van der Waals surface area (Å²) in [6.45, 7) is 1.78. The number of nitrogens with zero attached hydrogens (tertiary/aromatic N) is 1. The monoisotopic (exact) mass is 394 g/mol. The first-order valence-corrected chi connectivity index (χ1v) is 11.1. The second-order valence-electron chi connectivity index (χ2n) is 7.38. The molecule has 2 aliphatic heterocycles. The SMILES string of the molecule is CCOC(=O)[C@@]1(Cc2ccccc2)C[C@H]2CC[C@@H]1N2C(=O)CNS(C)(=O)=O. The van der Waals surface area contributed by atoms with E-state index in [-0.39, 0.29) is 37.1 Å². The molecule has 7 nitrogen and oxygen atoms in total. The van der Waals surface area contributed by atoms with Gasteiger partial charge in [-0.25, -0.2) is 13.1 Å². The van der Waals surface area contributed by atoms with Crippen molar-refractivity contribution in [3.05, 3.63) is 35.9 Å². The van der Waals surface area contributed by atoms with Crippen LogP contribution in [0, 0.1) is 5.41 Å². The second kappa shape index (κ2) is 7.59. The van der Waals surface area contributed by atoms with Gasteiger partial charge in [-0.3, -0.25) is 9.59 Å². The summed E-state index contributed by atoms with van der Waals surface area (Å²) in [4.78, 5) is 27.4. The number of hydrogen-bond acceptors (Lipinski definition) is 5. The average molecular weight is 394 g/mol. The average Bonchev–Trinajstić information content (AvgIpc) is 3.16. The number of ether oxygens (including phenoxy) is 1. The highest BCUT2D eigenvalue weighted by Crippen LogP contribution is 2.52. The van der Waals surface area contributed by atoms with Crippen molar-refractivity contribution >= 4 is 21.9 Å². The Kier molecular flexibility index (Phi) is 5.58. The van der Waals surface area contributed by atoms with Crippen molar-refractivity contribution in [2.45, 2.75) is 44.7 Å². The topological polar surface area (TPSA) is 92.8 Å². The molecule has 2 saturated heterocycles. The van der Waals surface area contributed by atoms with Crippen LogP contribution in [0.2, 0.25) is 0 Å². The summed E-state index contributed by atoms with van der Waals surface area (Å²) < 4.78 is 30.3. The van der Waals surface area contributed by atoms with E-state index in [0.717, 1.165) is 24.7 Å². The largest absolute Gasteiger partial charge is 0.465 e. The van der Waals surface area contributed by atoms with Crippen LogP contribution in [-0.4, -0.2) is 56.7 Å². The minimum Gasteiger partial charge on any atom is -0.465 e. The lowest BCUT2D eigenvalue weighted by atomic mass is 9.70. The van der Waals surface area contributed by atoms with Gasteiger partial charge in [0.25, 0.3) is 0 Å². The van der Waals surface area contributed by atoms with E-state index in [9.17, 15) is 18.0 Å². The van der Waals surface area contributed by atoms with Gasteiger partial charge in [-0.2, -0.15) is 0 Å². The van der Waals surface area contributed by atoms with Gasteiger partial charge >= 0.3 is 5.97 Å². The predicted molar refractivity (Wildman–Crippen MR) is 100 cm³/mol. The van der Waals surface area contributed by atoms with Crippen LogP contribution in [0.5, 0.6) is 0 Å². The molecule has 148 valence electrons. The summed E-state index contributed by atoms with van der Waals surface area (Å²) in [6.07, 6.45) is 3.64. The third kappa shape index (κ3) is 4.01. The number of carbonyl (C=O) groups is 2. The first-order valence-electron chi connectivity index (χ1n) is 9.24. The van der Waals surface area contributed by atoms with Crippen molar-refractivity contribution in [1.29, 1.82) is 0 Å². The minimum absolute atomic E-state index is 0.0584. The van der Waals surface area contributed by atoms with Gasteiger partial charge in [0, 0.05) is 12.1 Å². The highest BCUT2D eigenvalue weighted by molar-refractivity contribution is 7.88. The molecule has 1 N–H and O–H groups in total. The molecule has 8 heteroatoms. The normalized spacial score (nSPS) is 27.0. The van der Waals surface area contributed by atoms with Crippen molar-refractivity contribution in [3.8, 4) is 0 Å². The van der Waals surface area contributed by atoms with Gasteiger partial charge in [0.1, 0.15) is 0 Å². The number of amides is 1. The van der Waals surface area contributed by atoms with E-state index in [1.165, 1.54) is 0 Å². The smallest absolute Gasteiger partial charge is 0.314 e. The molecule has 0 radical (unpaired) electrons. The number of benzene rings is 1. The van der Waals surface area contributed by atoms with Crippen LogP contribution in [0.4, 0.5) is 0 Å². The van der Waals surface area contributed by atoms with Gasteiger partial charge in [-0.1, -0.05) is 30.3 Å². The van der Waals surface area contributed by atoms with E-state index >= 15 is 0 Å². The van der Waals surface area contributed by atoms with E-state index < -0.39 is 15.4 Å². The number of fused-ring (bicyclic) bond motifs is 2. The number of rotatable bonds is 7. The number of esters is 1. The van der Waals surface area contributed by atoms with E-state index in [4.69, 9.17) is 4.74 Å². The fraction of sp³-hybridized carbons (Fsp3) is 0.579. The second-order valence-corrected chi connectivity index (χ2v) is 9.22. The van der Waals surface area contributed by atoms with Gasteiger partial charge in [0.2, 0.25) is 15.9 Å². The first kappa shape index (κ1) is 19.8. The van der Waals surface area contributed by atoms with E-state index in [1.807, 2.05) is 30.3 Å². The minimum atomic E-state index is -3.45. The molecule has 0 aliphatic carbocycles. The molecular formula is C19H26N2O5S. The van der Waals surface area contributed by atoms with Crippen LogP contribution in [0.25, 0.3) is 0 Å². The zero-order valence-corrected chi connectivity index (χ0v) is 16.5. The molecule has 0 spiro atoms. The summed E-state index contributed by atoms with van der Waals surface area (Å²) in [5, 5.41) is 0. The number of nitrogens with one attached hydrogen (secondary N) is 1. The molecule has 1 aromatic rings. The number of carbonyl (C=O) groups excluding carboxylic acids is 2. The van der Waals surface area contributed by atoms with Gasteiger partial charge in [0.15, 0.2) is 0 Å². The molecule has 0 aromatic heterocycles. The highest BCUT2D eigenvalue weighted by Gasteiger charge is 2.61. The highest BCUT2D eigenvalue weighted by atomic mass is 32.2. The van der Waals surface area contributed by atoms with E-state index in [0.29, 0.717) is 12.8 Å². The lowest BCUT2D eigenvalue weighted by molar-refractivity contribution is -0.158. The Morgan fingerprint density at radius 2 is 1.96 bits per heavy atom. The fourth-order valence-electron chi connectivity index (χ4n) is 4.56. The Balaban J connectivity index is 1.87. The molecular weight excluding hydrogens is 368 g/mol. The Bertz CT molecular complexity index is 811. The molecule has 1 aromatic carbocycles. The third-order valence-electron chi connectivity index (χ3n) is 5.56. The zero-order chi connectivity index (χ0) is 19.7. The third-order valence-corrected chi connectivity index (χ3v) is 6.23. The molecule has 3 rings (SSSR count). The Morgan fingerprint density at radius 3 is 2.59 bits per heavy atom. The molecule has 1 amide bonds. The number of hydrogen-bond donors (Lipinski definition) is 1. The van der Waals surface area contributed by atoms with E-state index in [1.54, 1.807) is 11.8 Å². The van der Waals surface area contributed by atoms with Crippen LogP contribution in [0.3, 0.4) is 0 Å². The van der Waals surface area contributed by atoms with Crippen LogP contribution in [-0.2, 0) is 30.8 Å². The fourth-order valence-corrected chi connectivity index (χ4v) is 4.95. The molecule has 2 fully saturated rings. The quantitative estimate of drug-likeness (QED) is 0.699. The number of sulfonamides is 1. The summed E-state index contributed by atoms with van der Waals surface area (Å²) in [6, 6.07) is 9.41. The van der Waals surface area contributed by atoms with Crippen molar-refractivity contribution in [2.75, 3.05) is 19.4 Å². The predicted octanol–water partition coefficient (Wildman–Crippen LogP) is 1.09. The summed E-state index contributed by atoms with van der Waals surface area (Å²) in [7, 11) is -3.45. The van der Waals surface area contributed by atoms with Crippen LogP contribution < -0.4 is 4.72 Å². The van der Waals surface area contributed by atoms with Gasteiger partial charge in [-0.15, -0.1) is 0 Å². The van der Waals surface area contributed by atoms with Gasteiger partial charge in [0.05, 0.1) is 24.8 Å². The molecule has 3 atom stereocenters. The summed E-state index contributed by atoms with van der Waals surface area (Å²) >= 11 is 0. The van der Waals surface area contributed by atoms with Crippen LogP contribution >= 0.6 is 0 Å². The zero-order valence-electron chi connectivity index (χ0n) is 15.7. The summed E-state index contributed by atoms with van der Waals surface area (Å²) in [5.41, 5.74) is 0.251. The molecule has 0 saturated carbocycles. The maximum atomic E-state index is 13.0. The molecule has 2 aliphatic rings. The van der Waals surface area contributed by atoms with Crippen LogP contribution in [0.1, 0.15) is 31.7 Å². The standard InChI is InChI=1S/C19H26N2O5S/c1-3-26-18(23)19(11-14-7-5-4-6-8-14)12-15-9-10-16(19)21(15)17(22)13-20-27(2,24)25/h4-8,15-16,20H,3,9-13H2,1-2H3/t15-,16+,19+/m1/s1.